The molecule has 2 heteroatoms. The van der Waals surface area contributed by atoms with Crippen LogP contribution >= 0.6 is 22.6 Å². The van der Waals surface area contributed by atoms with Crippen molar-refractivity contribution in [1.82, 2.24) is 4.57 Å². The molecule has 15 heavy (non-hydrogen) atoms. The van der Waals surface area contributed by atoms with Crippen molar-refractivity contribution in [2.45, 2.75) is 33.2 Å². The minimum Gasteiger partial charge on any atom is -0.347 e. The molecule has 0 saturated heterocycles. The van der Waals surface area contributed by atoms with Gasteiger partial charge in [-0.1, -0.05) is 19.9 Å². The van der Waals surface area contributed by atoms with Crippen molar-refractivity contribution >= 4 is 33.5 Å². The standard InChI is InChI=1S/C13H16IN/c1-4-15-8-12(14)11-7-10(9(2)3)5-6-13(11)15/h5-9H,4H2,1-3H3. The number of halogens is 1. The highest BCUT2D eigenvalue weighted by molar-refractivity contribution is 14.1. The van der Waals surface area contributed by atoms with E-state index in [0.717, 1.165) is 6.54 Å². The van der Waals surface area contributed by atoms with Gasteiger partial charge in [-0.3, -0.25) is 0 Å². The largest absolute Gasteiger partial charge is 0.347 e. The van der Waals surface area contributed by atoms with Crippen LogP contribution in [0.1, 0.15) is 32.3 Å². The van der Waals surface area contributed by atoms with Crippen LogP contribution in [0.3, 0.4) is 0 Å². The number of benzene rings is 1. The zero-order valence-electron chi connectivity index (χ0n) is 9.42. The molecule has 0 bridgehead atoms. The second-order valence-corrected chi connectivity index (χ2v) is 5.36. The van der Waals surface area contributed by atoms with Crippen molar-refractivity contribution in [3.8, 4) is 0 Å². The Morgan fingerprint density at radius 1 is 1.33 bits per heavy atom. The number of hydrogen-bond acceptors (Lipinski definition) is 0. The van der Waals surface area contributed by atoms with Gasteiger partial charge in [-0.25, -0.2) is 0 Å². The molecule has 0 aliphatic heterocycles. The topological polar surface area (TPSA) is 4.93 Å². The summed E-state index contributed by atoms with van der Waals surface area (Å²) < 4.78 is 3.66. The lowest BCUT2D eigenvalue weighted by atomic mass is 10.0. The SMILES string of the molecule is CCn1cc(I)c2cc(C(C)C)ccc21. The predicted molar refractivity (Wildman–Crippen MR) is 74.4 cm³/mol. The van der Waals surface area contributed by atoms with E-state index in [1.54, 1.807) is 0 Å². The van der Waals surface area contributed by atoms with E-state index in [1.807, 2.05) is 0 Å². The van der Waals surface area contributed by atoms with E-state index in [1.165, 1.54) is 20.0 Å². The first-order chi connectivity index (χ1) is 7.13. The van der Waals surface area contributed by atoms with Gasteiger partial charge in [0.15, 0.2) is 0 Å². The molecule has 0 radical (unpaired) electrons. The fourth-order valence-electron chi connectivity index (χ4n) is 1.89. The normalized spacial score (nSPS) is 11.5. The molecular weight excluding hydrogens is 297 g/mol. The monoisotopic (exact) mass is 313 g/mol. The Hall–Kier alpha value is -0.510. The first kappa shape index (κ1) is 11.0. The number of hydrogen-bond donors (Lipinski definition) is 0. The molecule has 0 atom stereocenters. The molecule has 0 spiro atoms. The molecule has 1 nitrogen and oxygen atoms in total. The van der Waals surface area contributed by atoms with Gasteiger partial charge in [0.25, 0.3) is 0 Å². The van der Waals surface area contributed by atoms with E-state index in [-0.39, 0.29) is 0 Å². The first-order valence-electron chi connectivity index (χ1n) is 5.41. The molecule has 1 aromatic heterocycles. The van der Waals surface area contributed by atoms with Crippen LogP contribution < -0.4 is 0 Å². The maximum absolute atomic E-state index is 2.42. The fourth-order valence-corrected chi connectivity index (χ4v) is 2.66. The van der Waals surface area contributed by atoms with Crippen LogP contribution in [-0.2, 0) is 6.54 Å². The molecule has 80 valence electrons. The second kappa shape index (κ2) is 4.16. The van der Waals surface area contributed by atoms with Crippen LogP contribution in [-0.4, -0.2) is 4.57 Å². The van der Waals surface area contributed by atoms with Crippen molar-refractivity contribution in [1.29, 1.82) is 0 Å². The Balaban J connectivity index is 2.66. The first-order valence-corrected chi connectivity index (χ1v) is 6.49. The summed E-state index contributed by atoms with van der Waals surface area (Å²) in [6.07, 6.45) is 2.23. The number of aromatic nitrogens is 1. The maximum atomic E-state index is 2.42. The van der Waals surface area contributed by atoms with Gasteiger partial charge in [0.1, 0.15) is 0 Å². The van der Waals surface area contributed by atoms with Crippen molar-refractivity contribution in [2.24, 2.45) is 0 Å². The lowest BCUT2D eigenvalue weighted by Crippen LogP contribution is -1.91. The summed E-state index contributed by atoms with van der Waals surface area (Å²) in [5, 5.41) is 1.39. The van der Waals surface area contributed by atoms with Gasteiger partial charge < -0.3 is 4.57 Å². The smallest absolute Gasteiger partial charge is 0.0491 e. The molecule has 2 aromatic rings. The summed E-state index contributed by atoms with van der Waals surface area (Å²) in [6.45, 7) is 7.71. The van der Waals surface area contributed by atoms with Crippen molar-refractivity contribution in [3.05, 3.63) is 33.5 Å². The van der Waals surface area contributed by atoms with Crippen molar-refractivity contribution in [2.75, 3.05) is 0 Å². The predicted octanol–water partition coefficient (Wildman–Crippen LogP) is 4.39. The molecule has 0 aliphatic carbocycles. The van der Waals surface area contributed by atoms with Crippen LogP contribution in [0, 0.1) is 3.57 Å². The molecule has 0 aliphatic rings. The summed E-state index contributed by atoms with van der Waals surface area (Å²) in [6, 6.07) is 6.82. The summed E-state index contributed by atoms with van der Waals surface area (Å²) in [4.78, 5) is 0. The van der Waals surface area contributed by atoms with Gasteiger partial charge in [0, 0.05) is 27.2 Å². The van der Waals surface area contributed by atoms with Crippen LogP contribution in [0.25, 0.3) is 10.9 Å². The molecule has 0 saturated carbocycles. The second-order valence-electron chi connectivity index (χ2n) is 4.19. The number of nitrogens with zero attached hydrogens (tertiary/aromatic N) is 1. The van der Waals surface area contributed by atoms with E-state index in [2.05, 4.69) is 72.3 Å². The molecule has 0 fully saturated rings. The van der Waals surface area contributed by atoms with Gasteiger partial charge in [-0.05, 0) is 53.1 Å². The average molecular weight is 313 g/mol. The van der Waals surface area contributed by atoms with Gasteiger partial charge >= 0.3 is 0 Å². The van der Waals surface area contributed by atoms with Crippen LogP contribution in [0.2, 0.25) is 0 Å². The highest BCUT2D eigenvalue weighted by Crippen LogP contribution is 2.26. The van der Waals surface area contributed by atoms with Crippen LogP contribution in [0.15, 0.2) is 24.4 Å². The number of rotatable bonds is 2. The van der Waals surface area contributed by atoms with E-state index in [9.17, 15) is 0 Å². The van der Waals surface area contributed by atoms with Crippen molar-refractivity contribution < 1.29 is 0 Å². The van der Waals surface area contributed by atoms with Crippen LogP contribution in [0.5, 0.6) is 0 Å². The zero-order chi connectivity index (χ0) is 11.0. The molecule has 1 heterocycles. The van der Waals surface area contributed by atoms with E-state index in [0.29, 0.717) is 5.92 Å². The Bertz CT molecular complexity index is 482. The third-order valence-electron chi connectivity index (χ3n) is 2.86. The summed E-state index contributed by atoms with van der Waals surface area (Å²) in [5.41, 5.74) is 2.78. The highest BCUT2D eigenvalue weighted by Gasteiger charge is 2.07. The Labute approximate surface area is 105 Å². The average Bonchev–Trinajstić information content (AvgIpc) is 2.55. The molecule has 0 unspecified atom stereocenters. The minimum atomic E-state index is 0.607. The van der Waals surface area contributed by atoms with Gasteiger partial charge in [0.05, 0.1) is 0 Å². The molecular formula is C13H16IN. The summed E-state index contributed by atoms with van der Waals surface area (Å²) >= 11 is 2.42. The molecule has 0 amide bonds. The zero-order valence-corrected chi connectivity index (χ0v) is 11.6. The third kappa shape index (κ3) is 1.92. The molecule has 1 aromatic carbocycles. The lowest BCUT2D eigenvalue weighted by molar-refractivity contribution is 0.795. The molecule has 0 N–H and O–H groups in total. The summed E-state index contributed by atoms with van der Waals surface area (Å²) in [5.74, 6) is 0.607. The minimum absolute atomic E-state index is 0.607. The quantitative estimate of drug-likeness (QED) is 0.725. The lowest BCUT2D eigenvalue weighted by Gasteiger charge is -2.06. The van der Waals surface area contributed by atoms with Gasteiger partial charge in [-0.15, -0.1) is 0 Å². The van der Waals surface area contributed by atoms with Crippen LogP contribution in [0.4, 0.5) is 0 Å². The molecule has 2 rings (SSSR count). The Morgan fingerprint density at radius 2 is 2.07 bits per heavy atom. The summed E-state index contributed by atoms with van der Waals surface area (Å²) in [7, 11) is 0. The Kier molecular flexibility index (Phi) is 3.05. The fraction of sp³-hybridized carbons (Fsp3) is 0.385. The van der Waals surface area contributed by atoms with Gasteiger partial charge in [-0.2, -0.15) is 0 Å². The third-order valence-corrected chi connectivity index (χ3v) is 3.72. The van der Waals surface area contributed by atoms with E-state index in [4.69, 9.17) is 0 Å². The maximum Gasteiger partial charge on any atom is 0.0491 e. The number of fused-ring (bicyclic) bond motifs is 1. The van der Waals surface area contributed by atoms with E-state index < -0.39 is 0 Å². The van der Waals surface area contributed by atoms with Gasteiger partial charge in [0.2, 0.25) is 0 Å². The highest BCUT2D eigenvalue weighted by atomic mass is 127. The number of aryl methyl sites for hydroxylation is 1. The Morgan fingerprint density at radius 3 is 2.67 bits per heavy atom. The van der Waals surface area contributed by atoms with Crippen molar-refractivity contribution in [3.63, 3.8) is 0 Å². The van der Waals surface area contributed by atoms with E-state index >= 15 is 0 Å².